The summed E-state index contributed by atoms with van der Waals surface area (Å²) in [6.07, 6.45) is 0. The Bertz CT molecular complexity index is 2300. The standard InChI is InChI=1S/C38H35N3O/c1-22(2)30-20-27(26-12-8-7-9-13-26)21-31(23(3)4)35(30)41-33-15-11-10-14-32(33)40-37(41)29-18-16-24(5)34-28-19-17-25(6)39-38(28)42-36(29)34/h7-23H,1-6H3/i5D3,6D3. The molecule has 0 atom stereocenters. The molecule has 0 amide bonds. The summed E-state index contributed by atoms with van der Waals surface area (Å²) in [5.41, 5.74) is 8.18. The number of para-hydroxylation sites is 2. The van der Waals surface area contributed by atoms with Gasteiger partial charge in [-0.25, -0.2) is 9.97 Å². The number of rotatable bonds is 5. The smallest absolute Gasteiger partial charge is 0.227 e. The number of nitrogens with zero attached hydrogens (tertiary/aromatic N) is 3. The SMILES string of the molecule is [2H]C([2H])([2H])c1ccc2c(n1)oc1c(-c3nc4ccccc4n3-c3c(C(C)C)cc(-c4ccccc4)cc3C(C)C)ccc(C([2H])([2H])[2H])c12. The number of furan rings is 1. The summed E-state index contributed by atoms with van der Waals surface area (Å²) in [5.74, 6) is 0.897. The summed E-state index contributed by atoms with van der Waals surface area (Å²) in [4.78, 5) is 9.50. The molecule has 0 fully saturated rings. The number of fused-ring (bicyclic) bond motifs is 4. The normalized spacial score (nSPS) is 14.7. The van der Waals surface area contributed by atoms with Crippen molar-refractivity contribution in [2.75, 3.05) is 0 Å². The fraction of sp³-hybridized carbons (Fsp3) is 0.211. The van der Waals surface area contributed by atoms with Gasteiger partial charge in [-0.05, 0) is 95.8 Å². The zero-order valence-corrected chi connectivity index (χ0v) is 24.1. The molecule has 3 heterocycles. The minimum absolute atomic E-state index is 0.0668. The fourth-order valence-electron chi connectivity index (χ4n) is 5.99. The fourth-order valence-corrected chi connectivity index (χ4v) is 5.99. The van der Waals surface area contributed by atoms with Crippen LogP contribution >= 0.6 is 0 Å². The highest BCUT2D eigenvalue weighted by Gasteiger charge is 2.26. The molecule has 0 spiro atoms. The summed E-state index contributed by atoms with van der Waals surface area (Å²) < 4.78 is 57.3. The molecule has 208 valence electrons. The van der Waals surface area contributed by atoms with Gasteiger partial charge in [-0.1, -0.05) is 76.2 Å². The molecule has 0 saturated carbocycles. The number of aromatic nitrogens is 3. The average molecular weight is 556 g/mol. The highest BCUT2D eigenvalue weighted by atomic mass is 16.3. The molecule has 3 aromatic heterocycles. The summed E-state index contributed by atoms with van der Waals surface area (Å²) in [7, 11) is 0. The number of hydrogen-bond donors (Lipinski definition) is 0. The molecule has 0 bridgehead atoms. The van der Waals surface area contributed by atoms with Gasteiger partial charge in [0.1, 0.15) is 11.4 Å². The average Bonchev–Trinajstić information content (AvgIpc) is 3.61. The van der Waals surface area contributed by atoms with Crippen molar-refractivity contribution in [3.63, 3.8) is 0 Å². The van der Waals surface area contributed by atoms with Crippen LogP contribution in [0.4, 0.5) is 0 Å². The lowest BCUT2D eigenvalue weighted by molar-refractivity contribution is 0.653. The van der Waals surface area contributed by atoms with Crippen LogP contribution in [0.25, 0.3) is 61.3 Å². The third-order valence-corrected chi connectivity index (χ3v) is 8.03. The number of hydrogen-bond acceptors (Lipinski definition) is 3. The van der Waals surface area contributed by atoms with Gasteiger partial charge in [-0.2, -0.15) is 0 Å². The van der Waals surface area contributed by atoms with E-state index in [1.807, 2.05) is 42.5 Å². The first-order valence-electron chi connectivity index (χ1n) is 17.3. The van der Waals surface area contributed by atoms with E-state index in [0.29, 0.717) is 27.7 Å². The monoisotopic (exact) mass is 555 g/mol. The van der Waals surface area contributed by atoms with Crippen LogP contribution in [-0.2, 0) is 0 Å². The lowest BCUT2D eigenvalue weighted by Crippen LogP contribution is -2.09. The Morgan fingerprint density at radius 1 is 0.738 bits per heavy atom. The Hall–Kier alpha value is -4.70. The Labute approximate surface area is 255 Å². The van der Waals surface area contributed by atoms with E-state index in [2.05, 4.69) is 61.5 Å². The van der Waals surface area contributed by atoms with Crippen molar-refractivity contribution in [1.82, 2.24) is 14.5 Å². The molecule has 7 rings (SSSR count). The van der Waals surface area contributed by atoms with Crippen molar-refractivity contribution in [2.45, 2.75) is 53.2 Å². The van der Waals surface area contributed by atoms with E-state index in [1.54, 1.807) is 18.2 Å². The molecule has 0 unspecified atom stereocenters. The predicted molar refractivity (Wildman–Crippen MR) is 175 cm³/mol. The lowest BCUT2D eigenvalue weighted by Gasteiger charge is -2.24. The van der Waals surface area contributed by atoms with Crippen molar-refractivity contribution < 1.29 is 12.6 Å². The Kier molecular flexibility index (Phi) is 4.81. The van der Waals surface area contributed by atoms with E-state index in [-0.39, 0.29) is 28.8 Å². The Morgan fingerprint density at radius 3 is 2.19 bits per heavy atom. The van der Waals surface area contributed by atoms with E-state index >= 15 is 0 Å². The highest BCUT2D eigenvalue weighted by Crippen LogP contribution is 2.43. The highest BCUT2D eigenvalue weighted by molar-refractivity contribution is 6.10. The minimum Gasteiger partial charge on any atom is -0.437 e. The second-order valence-electron chi connectivity index (χ2n) is 11.5. The van der Waals surface area contributed by atoms with E-state index in [4.69, 9.17) is 17.6 Å². The van der Waals surface area contributed by atoms with Crippen molar-refractivity contribution in [3.05, 3.63) is 113 Å². The maximum atomic E-state index is 8.35. The van der Waals surface area contributed by atoms with Gasteiger partial charge in [-0.3, -0.25) is 4.57 Å². The first kappa shape index (κ1) is 20.2. The van der Waals surface area contributed by atoms with Gasteiger partial charge in [-0.15, -0.1) is 0 Å². The third kappa shape index (κ3) is 4.13. The summed E-state index contributed by atoms with van der Waals surface area (Å²) in [6, 6.07) is 29.2. The summed E-state index contributed by atoms with van der Waals surface area (Å²) >= 11 is 0. The van der Waals surface area contributed by atoms with E-state index < -0.39 is 13.7 Å². The summed E-state index contributed by atoms with van der Waals surface area (Å²) in [6.45, 7) is 3.84. The minimum atomic E-state index is -2.46. The molecule has 0 aliphatic rings. The van der Waals surface area contributed by atoms with Gasteiger partial charge in [0.15, 0.2) is 0 Å². The van der Waals surface area contributed by atoms with Crippen molar-refractivity contribution in [3.8, 4) is 28.2 Å². The molecule has 0 saturated heterocycles. The van der Waals surface area contributed by atoms with Gasteiger partial charge in [0, 0.05) is 24.7 Å². The van der Waals surface area contributed by atoms with Crippen LogP contribution in [0.1, 0.15) is 70.1 Å². The molecule has 42 heavy (non-hydrogen) atoms. The molecule has 0 aliphatic heterocycles. The van der Waals surface area contributed by atoms with Crippen LogP contribution in [0.3, 0.4) is 0 Å². The van der Waals surface area contributed by atoms with Gasteiger partial charge in [0.05, 0.1) is 22.3 Å². The maximum absolute atomic E-state index is 8.35. The lowest BCUT2D eigenvalue weighted by atomic mass is 9.88. The molecule has 0 radical (unpaired) electrons. The number of imidazole rings is 1. The Balaban J connectivity index is 1.60. The quantitative estimate of drug-likeness (QED) is 0.212. The van der Waals surface area contributed by atoms with E-state index in [9.17, 15) is 0 Å². The van der Waals surface area contributed by atoms with Crippen molar-refractivity contribution in [2.24, 2.45) is 0 Å². The zero-order chi connectivity index (χ0) is 34.1. The number of aryl methyl sites for hydroxylation is 2. The van der Waals surface area contributed by atoms with E-state index in [1.165, 1.54) is 6.07 Å². The van der Waals surface area contributed by atoms with Crippen LogP contribution in [0.15, 0.2) is 95.4 Å². The molecule has 0 N–H and O–H groups in total. The van der Waals surface area contributed by atoms with Crippen LogP contribution in [-0.4, -0.2) is 14.5 Å². The molecular formula is C38H35N3O. The van der Waals surface area contributed by atoms with E-state index in [0.717, 1.165) is 39.0 Å². The first-order chi connectivity index (χ1) is 22.7. The van der Waals surface area contributed by atoms with Crippen LogP contribution in [0.5, 0.6) is 0 Å². The van der Waals surface area contributed by atoms with Crippen LogP contribution in [0.2, 0.25) is 0 Å². The topological polar surface area (TPSA) is 43.9 Å². The largest absolute Gasteiger partial charge is 0.437 e. The van der Waals surface area contributed by atoms with Crippen LogP contribution in [0, 0.1) is 13.7 Å². The molecule has 0 aliphatic carbocycles. The molecule has 4 nitrogen and oxygen atoms in total. The zero-order valence-electron chi connectivity index (χ0n) is 30.1. The predicted octanol–water partition coefficient (Wildman–Crippen LogP) is 10.5. The first-order valence-corrected chi connectivity index (χ1v) is 14.3. The van der Waals surface area contributed by atoms with Gasteiger partial charge < -0.3 is 4.42 Å². The van der Waals surface area contributed by atoms with Crippen molar-refractivity contribution in [1.29, 1.82) is 0 Å². The molecular weight excluding hydrogens is 514 g/mol. The van der Waals surface area contributed by atoms with Crippen molar-refractivity contribution >= 4 is 33.1 Å². The molecule has 7 aromatic rings. The maximum Gasteiger partial charge on any atom is 0.227 e. The Morgan fingerprint density at radius 2 is 1.48 bits per heavy atom. The number of pyridine rings is 1. The van der Waals surface area contributed by atoms with Gasteiger partial charge in [0.25, 0.3) is 0 Å². The van der Waals surface area contributed by atoms with Crippen LogP contribution < -0.4 is 0 Å². The third-order valence-electron chi connectivity index (χ3n) is 8.03. The van der Waals surface area contributed by atoms with Gasteiger partial charge in [0.2, 0.25) is 5.71 Å². The molecule has 4 aromatic carbocycles. The molecule has 4 heteroatoms. The number of benzene rings is 4. The second kappa shape index (κ2) is 9.99. The summed E-state index contributed by atoms with van der Waals surface area (Å²) in [5, 5.41) is 0.810. The second-order valence-corrected chi connectivity index (χ2v) is 11.5. The van der Waals surface area contributed by atoms with Gasteiger partial charge >= 0.3 is 0 Å².